The van der Waals surface area contributed by atoms with Crippen LogP contribution in [0.5, 0.6) is 0 Å². The molecule has 0 unspecified atom stereocenters. The first-order valence-electron chi connectivity index (χ1n) is 6.78. The average Bonchev–Trinajstić information content (AvgIpc) is 2.28. The fourth-order valence-corrected chi connectivity index (χ4v) is 2.55. The van der Waals surface area contributed by atoms with Crippen molar-refractivity contribution in [1.29, 1.82) is 0 Å². The van der Waals surface area contributed by atoms with Gasteiger partial charge in [-0.1, -0.05) is 12.5 Å². The van der Waals surface area contributed by atoms with Crippen LogP contribution in [0.1, 0.15) is 32.1 Å². The molecule has 0 spiro atoms. The monoisotopic (exact) mass is 237 g/mol. The van der Waals surface area contributed by atoms with Crippen molar-refractivity contribution >= 4 is 5.91 Å². The van der Waals surface area contributed by atoms with Crippen LogP contribution >= 0.6 is 0 Å². The van der Waals surface area contributed by atoms with Gasteiger partial charge in [0.2, 0.25) is 5.91 Å². The molecule has 2 aliphatic rings. The lowest BCUT2D eigenvalue weighted by molar-refractivity contribution is -0.139. The van der Waals surface area contributed by atoms with E-state index in [1.54, 1.807) is 6.08 Å². The van der Waals surface area contributed by atoms with E-state index in [1.807, 2.05) is 0 Å². The van der Waals surface area contributed by atoms with Crippen LogP contribution in [0, 0.1) is 11.8 Å². The fraction of sp³-hybridized carbons (Fsp3) is 0.786. The van der Waals surface area contributed by atoms with Crippen molar-refractivity contribution in [3.05, 3.63) is 12.7 Å². The number of likely N-dealkylation sites (tertiary alicyclic amines) is 1. The second kappa shape index (κ2) is 6.20. The molecule has 0 atom stereocenters. The van der Waals surface area contributed by atoms with Crippen molar-refractivity contribution in [2.45, 2.75) is 32.1 Å². The minimum atomic E-state index is 0.351. The van der Waals surface area contributed by atoms with Gasteiger partial charge in [0.05, 0.1) is 6.61 Å². The van der Waals surface area contributed by atoms with Crippen molar-refractivity contribution in [2.75, 3.05) is 26.3 Å². The van der Waals surface area contributed by atoms with Crippen molar-refractivity contribution in [3.63, 3.8) is 0 Å². The first-order valence-corrected chi connectivity index (χ1v) is 6.78. The zero-order valence-electron chi connectivity index (χ0n) is 10.6. The van der Waals surface area contributed by atoms with E-state index in [1.165, 1.54) is 6.42 Å². The number of hydrogen-bond donors (Lipinski definition) is 0. The predicted molar refractivity (Wildman–Crippen MR) is 67.7 cm³/mol. The Labute approximate surface area is 104 Å². The molecular formula is C14H23NO2. The summed E-state index contributed by atoms with van der Waals surface area (Å²) in [6.07, 6.45) is 7.44. The lowest BCUT2D eigenvalue weighted by Crippen LogP contribution is -2.44. The van der Waals surface area contributed by atoms with Crippen LogP contribution < -0.4 is 0 Å². The number of carbonyl (C=O) groups is 1. The molecule has 0 radical (unpaired) electrons. The van der Waals surface area contributed by atoms with Crippen LogP contribution in [0.3, 0.4) is 0 Å². The molecule has 1 amide bonds. The quantitative estimate of drug-likeness (QED) is 0.542. The van der Waals surface area contributed by atoms with E-state index in [4.69, 9.17) is 4.74 Å². The molecule has 0 aromatic carbocycles. The highest BCUT2D eigenvalue weighted by Gasteiger charge is 2.31. The molecule has 17 heavy (non-hydrogen) atoms. The van der Waals surface area contributed by atoms with Gasteiger partial charge in [-0.25, -0.2) is 0 Å². The topological polar surface area (TPSA) is 29.5 Å². The highest BCUT2D eigenvalue weighted by molar-refractivity contribution is 5.79. The number of piperidine rings is 1. The number of rotatable bonds is 5. The van der Waals surface area contributed by atoms with Crippen molar-refractivity contribution in [1.82, 2.24) is 4.90 Å². The molecule has 0 aromatic rings. The molecule has 2 rings (SSSR count). The molecule has 2 fully saturated rings. The van der Waals surface area contributed by atoms with Crippen molar-refractivity contribution < 1.29 is 9.53 Å². The zero-order valence-corrected chi connectivity index (χ0v) is 10.6. The maximum Gasteiger partial charge on any atom is 0.225 e. The van der Waals surface area contributed by atoms with E-state index < -0.39 is 0 Å². The van der Waals surface area contributed by atoms with Gasteiger partial charge in [0.1, 0.15) is 0 Å². The Morgan fingerprint density at radius 1 is 1.29 bits per heavy atom. The maximum absolute atomic E-state index is 12.0. The number of ether oxygens (including phenoxy) is 1. The molecule has 3 nitrogen and oxygen atoms in total. The van der Waals surface area contributed by atoms with E-state index in [0.29, 0.717) is 24.3 Å². The van der Waals surface area contributed by atoms with Crippen LogP contribution in [0.25, 0.3) is 0 Å². The summed E-state index contributed by atoms with van der Waals surface area (Å²) in [5, 5.41) is 0. The van der Waals surface area contributed by atoms with E-state index in [-0.39, 0.29) is 0 Å². The Hall–Kier alpha value is -0.830. The second-order valence-corrected chi connectivity index (χ2v) is 5.22. The van der Waals surface area contributed by atoms with Gasteiger partial charge in [-0.15, -0.1) is 6.58 Å². The third kappa shape index (κ3) is 3.32. The normalized spacial score (nSPS) is 22.2. The SMILES string of the molecule is C=CCOCC1CCN(C(=O)C2CCC2)CC1. The summed E-state index contributed by atoms with van der Waals surface area (Å²) in [6.45, 7) is 6.95. The van der Waals surface area contributed by atoms with E-state index in [2.05, 4.69) is 11.5 Å². The average molecular weight is 237 g/mol. The number of carbonyl (C=O) groups excluding carboxylic acids is 1. The summed E-state index contributed by atoms with van der Waals surface area (Å²) in [7, 11) is 0. The minimum absolute atomic E-state index is 0.351. The van der Waals surface area contributed by atoms with Crippen LogP contribution in [0.2, 0.25) is 0 Å². The van der Waals surface area contributed by atoms with Gasteiger partial charge >= 0.3 is 0 Å². The van der Waals surface area contributed by atoms with E-state index in [9.17, 15) is 4.79 Å². The summed E-state index contributed by atoms with van der Waals surface area (Å²) < 4.78 is 5.48. The third-order valence-electron chi connectivity index (χ3n) is 3.97. The first kappa shape index (κ1) is 12.6. The molecule has 0 aromatic heterocycles. The molecule has 0 N–H and O–H groups in total. The fourth-order valence-electron chi connectivity index (χ4n) is 2.55. The van der Waals surface area contributed by atoms with Crippen LogP contribution in [0.15, 0.2) is 12.7 Å². The smallest absolute Gasteiger partial charge is 0.225 e. The zero-order chi connectivity index (χ0) is 12.1. The number of amides is 1. The summed E-state index contributed by atoms with van der Waals surface area (Å²) in [4.78, 5) is 14.1. The number of hydrogen-bond acceptors (Lipinski definition) is 2. The Bertz CT molecular complexity index is 265. The van der Waals surface area contributed by atoms with Crippen molar-refractivity contribution in [2.24, 2.45) is 11.8 Å². The summed E-state index contributed by atoms with van der Waals surface area (Å²) >= 11 is 0. The van der Waals surface area contributed by atoms with Gasteiger partial charge in [0.15, 0.2) is 0 Å². The standard InChI is InChI=1S/C14H23NO2/c1-2-10-17-11-12-6-8-15(9-7-12)14(16)13-4-3-5-13/h2,12-13H,1,3-11H2. The molecule has 96 valence electrons. The maximum atomic E-state index is 12.0. The molecule has 1 saturated heterocycles. The minimum Gasteiger partial charge on any atom is -0.377 e. The van der Waals surface area contributed by atoms with Crippen LogP contribution in [-0.2, 0) is 9.53 Å². The summed E-state index contributed by atoms with van der Waals surface area (Å²) in [5.74, 6) is 1.38. The first-order chi connectivity index (χ1) is 8.31. The van der Waals surface area contributed by atoms with Gasteiger partial charge in [-0.05, 0) is 31.6 Å². The van der Waals surface area contributed by atoms with Crippen LogP contribution in [0.4, 0.5) is 0 Å². The molecule has 1 aliphatic heterocycles. The lowest BCUT2D eigenvalue weighted by atomic mass is 9.83. The van der Waals surface area contributed by atoms with E-state index in [0.717, 1.165) is 45.4 Å². The molecule has 1 aliphatic carbocycles. The molecular weight excluding hydrogens is 214 g/mol. The predicted octanol–water partition coefficient (Wildman–Crippen LogP) is 2.23. The highest BCUT2D eigenvalue weighted by Crippen LogP contribution is 2.29. The molecule has 1 heterocycles. The van der Waals surface area contributed by atoms with Gasteiger partial charge in [-0.2, -0.15) is 0 Å². The van der Waals surface area contributed by atoms with Crippen LogP contribution in [-0.4, -0.2) is 37.1 Å². The van der Waals surface area contributed by atoms with E-state index >= 15 is 0 Å². The Balaban J connectivity index is 1.66. The van der Waals surface area contributed by atoms with Gasteiger partial charge in [0, 0.05) is 25.6 Å². The largest absolute Gasteiger partial charge is 0.377 e. The van der Waals surface area contributed by atoms with Gasteiger partial charge in [0.25, 0.3) is 0 Å². The molecule has 0 bridgehead atoms. The van der Waals surface area contributed by atoms with Gasteiger partial charge in [-0.3, -0.25) is 4.79 Å². The second-order valence-electron chi connectivity index (χ2n) is 5.22. The third-order valence-corrected chi connectivity index (χ3v) is 3.97. The number of nitrogens with zero attached hydrogens (tertiary/aromatic N) is 1. The van der Waals surface area contributed by atoms with Crippen molar-refractivity contribution in [3.8, 4) is 0 Å². The molecule has 1 saturated carbocycles. The lowest BCUT2D eigenvalue weighted by Gasteiger charge is -2.36. The Morgan fingerprint density at radius 2 is 2.00 bits per heavy atom. The summed E-state index contributed by atoms with van der Waals surface area (Å²) in [6, 6.07) is 0. The molecule has 3 heteroatoms. The summed E-state index contributed by atoms with van der Waals surface area (Å²) in [5.41, 5.74) is 0. The Morgan fingerprint density at radius 3 is 2.53 bits per heavy atom. The highest BCUT2D eigenvalue weighted by atomic mass is 16.5. The van der Waals surface area contributed by atoms with Gasteiger partial charge < -0.3 is 9.64 Å². The Kier molecular flexibility index (Phi) is 4.60.